The Morgan fingerprint density at radius 1 is 1.00 bits per heavy atom. The molecule has 0 aliphatic carbocycles. The van der Waals surface area contributed by atoms with Crippen molar-refractivity contribution in [3.63, 3.8) is 0 Å². The number of nitrogens with zero attached hydrogens (tertiary/aromatic N) is 1. The van der Waals surface area contributed by atoms with Gasteiger partial charge in [-0.25, -0.2) is 0 Å². The number of thiophene rings is 1. The molecular weight excluding hydrogens is 380 g/mol. The molecule has 0 saturated heterocycles. The Balaban J connectivity index is 1.67. The predicted molar refractivity (Wildman–Crippen MR) is 116 cm³/mol. The number of aliphatic imine (C=N–C) groups is 1. The Bertz CT molecular complexity index is 977. The van der Waals surface area contributed by atoms with Crippen LogP contribution in [-0.2, 0) is 12.8 Å². The quantitative estimate of drug-likeness (QED) is 0.565. The van der Waals surface area contributed by atoms with Crippen LogP contribution in [-0.4, -0.2) is 17.2 Å². The molecule has 0 saturated carbocycles. The Morgan fingerprint density at radius 2 is 1.77 bits per heavy atom. The van der Waals surface area contributed by atoms with Crippen molar-refractivity contribution >= 4 is 50.9 Å². The highest BCUT2D eigenvalue weighted by molar-refractivity contribution is 7.80. The number of thiocarbonyl (C=S) groups is 1. The zero-order valence-electron chi connectivity index (χ0n) is 14.0. The molecule has 1 N–H and O–H groups in total. The summed E-state index contributed by atoms with van der Waals surface area (Å²) < 4.78 is 0. The minimum Gasteiger partial charge on any atom is -0.340 e. The Hall–Kier alpha value is -2.01. The van der Waals surface area contributed by atoms with Gasteiger partial charge < -0.3 is 5.32 Å². The molecule has 0 unspecified atom stereocenters. The first kappa shape index (κ1) is 17.4. The monoisotopic (exact) mass is 396 g/mol. The second-order valence-electron chi connectivity index (χ2n) is 6.13. The molecule has 2 heterocycles. The smallest absolute Gasteiger partial charge is 0.103 e. The molecule has 2 aromatic carbocycles. The number of rotatable bonds is 4. The predicted octanol–water partition coefficient (Wildman–Crippen LogP) is 5.78. The van der Waals surface area contributed by atoms with Crippen molar-refractivity contribution in [2.24, 2.45) is 4.99 Å². The minimum atomic E-state index is 0.483. The lowest BCUT2D eigenvalue weighted by Gasteiger charge is -2.07. The van der Waals surface area contributed by atoms with Gasteiger partial charge in [-0.05, 0) is 30.5 Å². The molecule has 0 bridgehead atoms. The van der Waals surface area contributed by atoms with E-state index < -0.39 is 0 Å². The van der Waals surface area contributed by atoms with Gasteiger partial charge >= 0.3 is 0 Å². The van der Waals surface area contributed by atoms with E-state index in [0.717, 1.165) is 39.7 Å². The highest BCUT2D eigenvalue weighted by Gasteiger charge is 2.21. The first-order valence-electron chi connectivity index (χ1n) is 8.47. The molecule has 2 nitrogen and oxygen atoms in total. The van der Waals surface area contributed by atoms with E-state index in [2.05, 4.69) is 35.6 Å². The second-order valence-corrected chi connectivity index (χ2v) is 8.17. The van der Waals surface area contributed by atoms with Crippen LogP contribution in [0.25, 0.3) is 0 Å². The molecule has 26 heavy (non-hydrogen) atoms. The third-order valence-corrected chi connectivity index (χ3v) is 5.97. The summed E-state index contributed by atoms with van der Waals surface area (Å²) in [5.41, 5.74) is 4.31. The summed E-state index contributed by atoms with van der Waals surface area (Å²) in [5.74, 6) is 0. The van der Waals surface area contributed by atoms with Gasteiger partial charge in [0.25, 0.3) is 0 Å². The Labute approximate surface area is 167 Å². The van der Waals surface area contributed by atoms with Crippen molar-refractivity contribution in [2.45, 2.75) is 12.8 Å². The van der Waals surface area contributed by atoms with E-state index in [9.17, 15) is 0 Å². The molecule has 130 valence electrons. The summed E-state index contributed by atoms with van der Waals surface area (Å²) in [6.45, 7) is 0.483. The van der Waals surface area contributed by atoms with E-state index in [-0.39, 0.29) is 0 Å². The molecule has 3 aromatic rings. The fraction of sp³-hybridized carbons (Fsp3) is 0.143. The van der Waals surface area contributed by atoms with Crippen LogP contribution in [0, 0.1) is 0 Å². The van der Waals surface area contributed by atoms with Gasteiger partial charge in [0.1, 0.15) is 9.99 Å². The van der Waals surface area contributed by atoms with Crippen LogP contribution in [0.15, 0.2) is 65.7 Å². The third kappa shape index (κ3) is 3.73. The van der Waals surface area contributed by atoms with Gasteiger partial charge in [0, 0.05) is 21.0 Å². The lowest BCUT2D eigenvalue weighted by Crippen LogP contribution is -2.09. The topological polar surface area (TPSA) is 24.4 Å². The van der Waals surface area contributed by atoms with Gasteiger partial charge in [-0.3, -0.25) is 4.99 Å². The van der Waals surface area contributed by atoms with Gasteiger partial charge in [0.15, 0.2) is 0 Å². The van der Waals surface area contributed by atoms with Crippen LogP contribution in [0.4, 0.5) is 5.00 Å². The van der Waals surface area contributed by atoms with Gasteiger partial charge in [-0.2, -0.15) is 0 Å². The van der Waals surface area contributed by atoms with E-state index in [4.69, 9.17) is 28.8 Å². The van der Waals surface area contributed by atoms with E-state index in [1.165, 1.54) is 10.4 Å². The number of nitrogens with one attached hydrogen (secondary N) is 1. The lowest BCUT2D eigenvalue weighted by atomic mass is 10.0. The zero-order chi connectivity index (χ0) is 17.9. The molecule has 0 fully saturated rings. The Morgan fingerprint density at radius 3 is 2.58 bits per heavy atom. The zero-order valence-corrected chi connectivity index (χ0v) is 16.4. The number of fused-ring (bicyclic) bond motifs is 1. The maximum absolute atomic E-state index is 6.43. The highest BCUT2D eigenvalue weighted by atomic mass is 35.5. The van der Waals surface area contributed by atoms with Crippen molar-refractivity contribution in [2.75, 3.05) is 11.9 Å². The second kappa shape index (κ2) is 7.70. The molecule has 0 amide bonds. The van der Waals surface area contributed by atoms with Crippen LogP contribution >= 0.6 is 35.2 Å². The van der Waals surface area contributed by atoms with Crippen molar-refractivity contribution in [3.05, 3.63) is 87.3 Å². The fourth-order valence-electron chi connectivity index (χ4n) is 3.03. The van der Waals surface area contributed by atoms with E-state index >= 15 is 0 Å². The number of aryl methyl sites for hydroxylation is 2. The summed E-state index contributed by atoms with van der Waals surface area (Å²) in [6.07, 6.45) is 2.01. The highest BCUT2D eigenvalue weighted by Crippen LogP contribution is 2.34. The van der Waals surface area contributed by atoms with Gasteiger partial charge in [-0.15, -0.1) is 11.3 Å². The molecule has 4 rings (SSSR count). The average Bonchev–Trinajstić information content (AvgIpc) is 2.98. The van der Waals surface area contributed by atoms with Gasteiger partial charge in [0.05, 0.1) is 12.3 Å². The molecular formula is C21H17ClN2S2. The largest absolute Gasteiger partial charge is 0.340 e. The SMILES string of the molecule is S=C1CN=C(c2ccccc2Cl)c2cc(CCc3ccccc3)sc2N1. The molecule has 1 aliphatic heterocycles. The summed E-state index contributed by atoms with van der Waals surface area (Å²) >= 11 is 13.6. The maximum atomic E-state index is 6.43. The fourth-order valence-corrected chi connectivity index (χ4v) is 4.57. The van der Waals surface area contributed by atoms with Crippen LogP contribution < -0.4 is 5.32 Å². The van der Waals surface area contributed by atoms with Crippen molar-refractivity contribution in [1.29, 1.82) is 0 Å². The van der Waals surface area contributed by atoms with Crippen LogP contribution in [0.3, 0.4) is 0 Å². The standard InChI is InChI=1S/C21H17ClN2S2/c22-18-9-5-4-8-16(18)20-17-12-15(11-10-14-6-2-1-3-7-14)26-21(17)24-19(25)13-23-20/h1-9,12H,10-11,13H2,(H,24,25). The van der Waals surface area contributed by atoms with Gasteiger partial charge in [0.2, 0.25) is 0 Å². The van der Waals surface area contributed by atoms with Crippen molar-refractivity contribution < 1.29 is 0 Å². The first-order valence-corrected chi connectivity index (χ1v) is 10.1. The number of hydrogen-bond acceptors (Lipinski definition) is 3. The lowest BCUT2D eigenvalue weighted by molar-refractivity contribution is 0.981. The van der Waals surface area contributed by atoms with Gasteiger partial charge in [-0.1, -0.05) is 72.3 Å². The number of hydrogen-bond donors (Lipinski definition) is 1. The van der Waals surface area contributed by atoms with E-state index in [0.29, 0.717) is 11.6 Å². The van der Waals surface area contributed by atoms with Crippen LogP contribution in [0.5, 0.6) is 0 Å². The first-order chi connectivity index (χ1) is 12.7. The van der Waals surface area contributed by atoms with E-state index in [1.807, 2.05) is 30.3 Å². The molecule has 0 radical (unpaired) electrons. The van der Waals surface area contributed by atoms with Crippen LogP contribution in [0.2, 0.25) is 5.02 Å². The Kier molecular flexibility index (Phi) is 5.16. The van der Waals surface area contributed by atoms with Crippen molar-refractivity contribution in [1.82, 2.24) is 0 Å². The normalized spacial score (nSPS) is 13.6. The summed E-state index contributed by atoms with van der Waals surface area (Å²) in [7, 11) is 0. The van der Waals surface area contributed by atoms with Crippen molar-refractivity contribution in [3.8, 4) is 0 Å². The molecule has 5 heteroatoms. The summed E-state index contributed by atoms with van der Waals surface area (Å²) in [5, 5.41) is 5.13. The maximum Gasteiger partial charge on any atom is 0.103 e. The number of anilines is 1. The third-order valence-electron chi connectivity index (χ3n) is 4.30. The molecule has 0 atom stereocenters. The molecule has 1 aromatic heterocycles. The van der Waals surface area contributed by atoms with Crippen LogP contribution in [0.1, 0.15) is 21.6 Å². The molecule has 0 spiro atoms. The molecule has 1 aliphatic rings. The van der Waals surface area contributed by atoms with E-state index in [1.54, 1.807) is 11.3 Å². The number of benzene rings is 2. The minimum absolute atomic E-state index is 0.483. The number of halogens is 1. The summed E-state index contributed by atoms with van der Waals surface area (Å²) in [6, 6.07) is 20.6. The summed E-state index contributed by atoms with van der Waals surface area (Å²) in [4.78, 5) is 6.80. The average molecular weight is 397 g/mol.